The van der Waals surface area contributed by atoms with Gasteiger partial charge in [-0.1, -0.05) is 24.3 Å². The summed E-state index contributed by atoms with van der Waals surface area (Å²) in [6.45, 7) is 0.273. The average Bonchev–Trinajstić information content (AvgIpc) is 2.77. The molecule has 0 spiro atoms. The zero-order valence-corrected chi connectivity index (χ0v) is 18.8. The van der Waals surface area contributed by atoms with Gasteiger partial charge < -0.3 is 20.1 Å². The molecular formula is C22H20IN3O5. The molecule has 1 amide bonds. The first-order valence-electron chi connectivity index (χ1n) is 9.28. The van der Waals surface area contributed by atoms with Crippen LogP contribution in [0.3, 0.4) is 0 Å². The number of ether oxygens (including phenoxy) is 2. The number of para-hydroxylation sites is 1. The number of amides is 1. The van der Waals surface area contributed by atoms with E-state index >= 15 is 0 Å². The summed E-state index contributed by atoms with van der Waals surface area (Å²) in [7, 11) is 1.53. The number of carbonyl (C=O) groups excluding carboxylic acids is 1. The van der Waals surface area contributed by atoms with Crippen LogP contribution < -0.4 is 20.1 Å². The van der Waals surface area contributed by atoms with Crippen LogP contribution in [-0.4, -0.2) is 24.5 Å². The number of hydrogen-bond acceptors (Lipinski definition) is 6. The monoisotopic (exact) mass is 533 g/mol. The van der Waals surface area contributed by atoms with Gasteiger partial charge in [0, 0.05) is 30.1 Å². The quantitative estimate of drug-likeness (QED) is 0.232. The fourth-order valence-corrected chi connectivity index (χ4v) is 3.63. The number of hydrogen-bond donors (Lipinski definition) is 2. The van der Waals surface area contributed by atoms with Gasteiger partial charge >= 0.3 is 0 Å². The summed E-state index contributed by atoms with van der Waals surface area (Å²) >= 11 is 2.12. The molecule has 31 heavy (non-hydrogen) atoms. The lowest BCUT2D eigenvalue weighted by Gasteiger charge is -2.15. The molecular weight excluding hydrogens is 513 g/mol. The number of nitro benzene ring substituents is 1. The number of benzene rings is 3. The van der Waals surface area contributed by atoms with Crippen LogP contribution in [0, 0.1) is 13.7 Å². The van der Waals surface area contributed by atoms with Crippen molar-refractivity contribution >= 4 is 45.6 Å². The minimum Gasteiger partial charge on any atom is -0.493 e. The van der Waals surface area contributed by atoms with Crippen molar-refractivity contribution in [3.8, 4) is 11.5 Å². The highest BCUT2D eigenvalue weighted by molar-refractivity contribution is 14.1. The number of nitrogens with zero attached hydrogens (tertiary/aromatic N) is 1. The number of anilines is 2. The maximum Gasteiger partial charge on any atom is 0.271 e. The molecule has 0 atom stereocenters. The second kappa shape index (κ2) is 10.6. The van der Waals surface area contributed by atoms with E-state index < -0.39 is 4.92 Å². The molecule has 0 radical (unpaired) electrons. The van der Waals surface area contributed by atoms with E-state index in [4.69, 9.17) is 9.47 Å². The molecule has 0 heterocycles. The first kappa shape index (κ1) is 22.3. The first-order chi connectivity index (χ1) is 15.0. The molecule has 160 valence electrons. The van der Waals surface area contributed by atoms with Gasteiger partial charge in [-0.15, -0.1) is 0 Å². The first-order valence-corrected chi connectivity index (χ1v) is 10.4. The van der Waals surface area contributed by atoms with Crippen molar-refractivity contribution in [2.45, 2.75) is 6.54 Å². The lowest BCUT2D eigenvalue weighted by atomic mass is 10.2. The van der Waals surface area contributed by atoms with Gasteiger partial charge in [-0.3, -0.25) is 14.9 Å². The van der Waals surface area contributed by atoms with Gasteiger partial charge in [0.1, 0.15) is 0 Å². The van der Waals surface area contributed by atoms with Gasteiger partial charge in [-0.05, 0) is 58.5 Å². The summed E-state index contributed by atoms with van der Waals surface area (Å²) in [5, 5.41) is 16.9. The van der Waals surface area contributed by atoms with Crippen molar-refractivity contribution in [1.82, 2.24) is 0 Å². The van der Waals surface area contributed by atoms with Crippen molar-refractivity contribution < 1.29 is 19.2 Å². The minimum atomic E-state index is -0.433. The molecule has 0 saturated heterocycles. The second-order valence-corrected chi connectivity index (χ2v) is 7.64. The van der Waals surface area contributed by atoms with E-state index in [0.717, 1.165) is 9.13 Å². The second-order valence-electron chi connectivity index (χ2n) is 6.47. The number of carbonyl (C=O) groups is 1. The van der Waals surface area contributed by atoms with Crippen LogP contribution in [0.5, 0.6) is 11.5 Å². The van der Waals surface area contributed by atoms with Crippen LogP contribution in [0.25, 0.3) is 0 Å². The molecule has 0 bridgehead atoms. The van der Waals surface area contributed by atoms with Gasteiger partial charge in [-0.2, -0.15) is 0 Å². The molecule has 3 aromatic carbocycles. The Kier molecular flexibility index (Phi) is 7.65. The molecule has 0 aliphatic rings. The molecule has 3 rings (SSSR count). The molecule has 9 heteroatoms. The maximum atomic E-state index is 12.2. The van der Waals surface area contributed by atoms with Gasteiger partial charge in [0.25, 0.3) is 11.6 Å². The standard InChI is InChI=1S/C22H20IN3O5/c1-30-20-11-15(13-24-17-8-5-9-18(12-17)26(28)29)10-19(23)22(20)31-14-21(27)25-16-6-3-2-4-7-16/h2-12,24H,13-14H2,1H3,(H,25,27). The smallest absolute Gasteiger partial charge is 0.271 e. The van der Waals surface area contributed by atoms with Crippen molar-refractivity contribution in [2.24, 2.45) is 0 Å². The third-order valence-corrected chi connectivity index (χ3v) is 5.05. The summed E-state index contributed by atoms with van der Waals surface area (Å²) in [5.41, 5.74) is 2.25. The third kappa shape index (κ3) is 6.32. The Morgan fingerprint density at radius 1 is 1.06 bits per heavy atom. The van der Waals surface area contributed by atoms with Crippen LogP contribution in [0.2, 0.25) is 0 Å². The Hall–Kier alpha value is -3.34. The van der Waals surface area contributed by atoms with E-state index in [1.807, 2.05) is 24.3 Å². The zero-order valence-electron chi connectivity index (χ0n) is 16.6. The van der Waals surface area contributed by atoms with E-state index in [2.05, 4.69) is 33.2 Å². The van der Waals surface area contributed by atoms with Gasteiger partial charge in [0.05, 0.1) is 15.6 Å². The lowest BCUT2D eigenvalue weighted by Crippen LogP contribution is -2.20. The van der Waals surface area contributed by atoms with Crippen LogP contribution in [0.1, 0.15) is 5.56 Å². The van der Waals surface area contributed by atoms with Crippen LogP contribution in [0.15, 0.2) is 66.7 Å². The zero-order chi connectivity index (χ0) is 22.2. The number of nitrogens with one attached hydrogen (secondary N) is 2. The van der Waals surface area contributed by atoms with Gasteiger partial charge in [-0.25, -0.2) is 0 Å². The molecule has 0 aliphatic heterocycles. The topological polar surface area (TPSA) is 103 Å². The van der Waals surface area contributed by atoms with Crippen LogP contribution in [0.4, 0.5) is 17.1 Å². The number of non-ortho nitro benzene ring substituents is 1. The van der Waals surface area contributed by atoms with E-state index in [9.17, 15) is 14.9 Å². The highest BCUT2D eigenvalue weighted by atomic mass is 127. The number of rotatable bonds is 9. The highest BCUT2D eigenvalue weighted by Crippen LogP contribution is 2.34. The van der Waals surface area contributed by atoms with E-state index in [-0.39, 0.29) is 18.2 Å². The summed E-state index contributed by atoms with van der Waals surface area (Å²) < 4.78 is 11.9. The predicted molar refractivity (Wildman–Crippen MR) is 127 cm³/mol. The summed E-state index contributed by atoms with van der Waals surface area (Å²) in [5.74, 6) is 0.695. The Bertz CT molecular complexity index is 1080. The summed E-state index contributed by atoms with van der Waals surface area (Å²) in [4.78, 5) is 22.7. The highest BCUT2D eigenvalue weighted by Gasteiger charge is 2.14. The molecule has 8 nitrogen and oxygen atoms in total. The fraction of sp³-hybridized carbons (Fsp3) is 0.136. The molecule has 0 unspecified atom stereocenters. The number of nitro groups is 1. The largest absolute Gasteiger partial charge is 0.493 e. The number of methoxy groups -OCH3 is 1. The number of halogens is 1. The van der Waals surface area contributed by atoms with Gasteiger partial charge in [0.2, 0.25) is 0 Å². The van der Waals surface area contributed by atoms with E-state index in [0.29, 0.717) is 29.4 Å². The van der Waals surface area contributed by atoms with Crippen molar-refractivity contribution in [2.75, 3.05) is 24.4 Å². The average molecular weight is 533 g/mol. The Labute approximate surface area is 192 Å². The van der Waals surface area contributed by atoms with Crippen molar-refractivity contribution in [3.63, 3.8) is 0 Å². The summed E-state index contributed by atoms with van der Waals surface area (Å²) in [6.07, 6.45) is 0. The van der Waals surface area contributed by atoms with E-state index in [1.54, 1.807) is 30.3 Å². The van der Waals surface area contributed by atoms with Gasteiger partial charge in [0.15, 0.2) is 18.1 Å². The fourth-order valence-electron chi connectivity index (χ4n) is 2.81. The lowest BCUT2D eigenvalue weighted by molar-refractivity contribution is -0.384. The summed E-state index contributed by atoms with van der Waals surface area (Å²) in [6, 6.07) is 19.1. The van der Waals surface area contributed by atoms with E-state index in [1.165, 1.54) is 19.2 Å². The maximum absolute atomic E-state index is 12.2. The normalized spacial score (nSPS) is 10.3. The SMILES string of the molecule is COc1cc(CNc2cccc([N+](=O)[O-])c2)cc(I)c1OCC(=O)Nc1ccccc1. The molecule has 0 aliphatic carbocycles. The van der Waals surface area contributed by atoms with Crippen molar-refractivity contribution in [1.29, 1.82) is 0 Å². The molecule has 0 aromatic heterocycles. The van der Waals surface area contributed by atoms with Crippen LogP contribution in [-0.2, 0) is 11.3 Å². The molecule has 0 fully saturated rings. The van der Waals surface area contributed by atoms with Crippen molar-refractivity contribution in [3.05, 3.63) is 86.0 Å². The Morgan fingerprint density at radius 2 is 1.81 bits per heavy atom. The van der Waals surface area contributed by atoms with Crippen LogP contribution >= 0.6 is 22.6 Å². The molecule has 2 N–H and O–H groups in total. The predicted octanol–water partition coefficient (Wildman–Crippen LogP) is 4.84. The molecule has 3 aromatic rings. The minimum absolute atomic E-state index is 0.0229. The third-order valence-electron chi connectivity index (χ3n) is 4.25. The Balaban J connectivity index is 1.65. The molecule has 0 saturated carbocycles. The Morgan fingerprint density at radius 3 is 2.52 bits per heavy atom.